The molecule has 1 saturated heterocycles. The molecule has 39 heavy (non-hydrogen) atoms. The molecule has 3 rings (SSSR count). The van der Waals surface area contributed by atoms with Crippen LogP contribution in [0.2, 0.25) is 0 Å². The predicted molar refractivity (Wildman–Crippen MR) is 139 cm³/mol. The van der Waals surface area contributed by atoms with Gasteiger partial charge in [0.1, 0.15) is 11.8 Å². The van der Waals surface area contributed by atoms with Crippen LogP contribution in [0, 0.1) is 17.6 Å². The van der Waals surface area contributed by atoms with E-state index in [2.05, 4.69) is 20.9 Å². The van der Waals surface area contributed by atoms with Crippen LogP contribution in [0.5, 0.6) is 5.75 Å². The third-order valence-electron chi connectivity index (χ3n) is 6.30. The van der Waals surface area contributed by atoms with Gasteiger partial charge in [-0.3, -0.25) is 10.1 Å². The van der Waals surface area contributed by atoms with Crippen LogP contribution in [-0.4, -0.2) is 64.6 Å². The molecule has 2 aromatic rings. The Morgan fingerprint density at radius 2 is 1.77 bits per heavy atom. The zero-order valence-electron chi connectivity index (χ0n) is 22.2. The number of carbonyl (C=O) groups excluding carboxylic acids is 1. The van der Waals surface area contributed by atoms with Crippen molar-refractivity contribution < 1.29 is 36.2 Å². The highest BCUT2D eigenvalue weighted by atomic mass is 19.4. The maximum absolute atomic E-state index is 13.9. The number of morpholine rings is 1. The van der Waals surface area contributed by atoms with Crippen LogP contribution in [0.25, 0.3) is 0 Å². The summed E-state index contributed by atoms with van der Waals surface area (Å²) in [7, 11) is 1.55. The van der Waals surface area contributed by atoms with Crippen LogP contribution >= 0.6 is 0 Å². The number of benzene rings is 2. The molecule has 1 amide bonds. The lowest BCUT2D eigenvalue weighted by Gasteiger charge is -2.29. The SMILES string of the molecule is COc1cc(N2CCOCC2)ccc1NCCNC(=O)C(CC(C)C)NC(c1ccc(F)c(F)c1)C(F)(F)F. The van der Waals surface area contributed by atoms with Gasteiger partial charge in [0.25, 0.3) is 0 Å². The number of hydrogen-bond donors (Lipinski definition) is 3. The van der Waals surface area contributed by atoms with Crippen molar-refractivity contribution in [3.05, 3.63) is 53.6 Å². The van der Waals surface area contributed by atoms with Gasteiger partial charge < -0.3 is 25.0 Å². The third-order valence-corrected chi connectivity index (χ3v) is 6.30. The monoisotopic (exact) mass is 558 g/mol. The number of anilines is 2. The van der Waals surface area contributed by atoms with Gasteiger partial charge in [0.2, 0.25) is 5.91 Å². The van der Waals surface area contributed by atoms with Crippen LogP contribution in [-0.2, 0) is 9.53 Å². The molecule has 0 bridgehead atoms. The summed E-state index contributed by atoms with van der Waals surface area (Å²) < 4.78 is 79.5. The Kier molecular flexibility index (Phi) is 10.8. The molecule has 1 aliphatic heterocycles. The fourth-order valence-electron chi connectivity index (χ4n) is 4.35. The fourth-order valence-corrected chi connectivity index (χ4v) is 4.35. The molecule has 0 aromatic heterocycles. The molecule has 2 unspecified atom stereocenters. The number of hydrogen-bond acceptors (Lipinski definition) is 6. The standard InChI is InChI=1S/C27H35F5N4O3/c1-17(2)14-23(35-25(27(30,31)32)18-4-6-20(28)21(29)15-18)26(37)34-9-8-33-22-7-5-19(16-24(22)38-3)36-10-12-39-13-11-36/h4-7,15-17,23,25,33,35H,8-14H2,1-3H3,(H,34,37). The van der Waals surface area contributed by atoms with Gasteiger partial charge in [-0.2, -0.15) is 13.2 Å². The Balaban J connectivity index is 1.62. The van der Waals surface area contributed by atoms with Crippen molar-refractivity contribution in [1.29, 1.82) is 0 Å². The zero-order valence-corrected chi connectivity index (χ0v) is 22.2. The van der Waals surface area contributed by atoms with Crippen molar-refractivity contribution in [1.82, 2.24) is 10.6 Å². The summed E-state index contributed by atoms with van der Waals surface area (Å²) in [6.07, 6.45) is -4.74. The molecule has 0 spiro atoms. The van der Waals surface area contributed by atoms with Crippen LogP contribution in [0.4, 0.5) is 33.3 Å². The molecule has 1 aliphatic rings. The number of ether oxygens (including phenoxy) is 2. The summed E-state index contributed by atoms with van der Waals surface area (Å²) in [6.45, 7) is 6.83. The fraction of sp³-hybridized carbons (Fsp3) is 0.519. The van der Waals surface area contributed by atoms with E-state index in [4.69, 9.17) is 9.47 Å². The van der Waals surface area contributed by atoms with Crippen LogP contribution in [0.3, 0.4) is 0 Å². The van der Waals surface area contributed by atoms with Crippen molar-refractivity contribution in [2.75, 3.05) is 56.7 Å². The van der Waals surface area contributed by atoms with E-state index < -0.39 is 41.4 Å². The number of nitrogens with zero attached hydrogens (tertiary/aromatic N) is 1. The maximum Gasteiger partial charge on any atom is 0.407 e. The molecule has 0 aliphatic carbocycles. The second-order valence-electron chi connectivity index (χ2n) is 9.70. The van der Waals surface area contributed by atoms with Crippen molar-refractivity contribution in [2.45, 2.75) is 38.5 Å². The van der Waals surface area contributed by atoms with Crippen molar-refractivity contribution in [3.8, 4) is 5.75 Å². The molecule has 2 aromatic carbocycles. The minimum absolute atomic E-state index is 0.104. The van der Waals surface area contributed by atoms with E-state index in [1.54, 1.807) is 21.0 Å². The van der Waals surface area contributed by atoms with Gasteiger partial charge in [-0.1, -0.05) is 19.9 Å². The average Bonchev–Trinajstić information content (AvgIpc) is 2.90. The first-order valence-electron chi connectivity index (χ1n) is 12.8. The number of alkyl halides is 3. The summed E-state index contributed by atoms with van der Waals surface area (Å²) >= 11 is 0. The van der Waals surface area contributed by atoms with Gasteiger partial charge in [-0.05, 0) is 42.2 Å². The first-order chi connectivity index (χ1) is 18.5. The topological polar surface area (TPSA) is 74.9 Å². The lowest BCUT2D eigenvalue weighted by atomic mass is 9.99. The molecule has 2 atom stereocenters. The molecule has 0 saturated carbocycles. The first-order valence-corrected chi connectivity index (χ1v) is 12.8. The average molecular weight is 559 g/mol. The van der Waals surface area contributed by atoms with Crippen LogP contribution < -0.4 is 25.6 Å². The minimum Gasteiger partial charge on any atom is -0.495 e. The third kappa shape index (κ3) is 8.69. The normalized spacial score (nSPS) is 15.7. The van der Waals surface area contributed by atoms with Gasteiger partial charge >= 0.3 is 6.18 Å². The van der Waals surface area contributed by atoms with Crippen molar-refractivity contribution >= 4 is 17.3 Å². The molecule has 3 N–H and O–H groups in total. The molecular formula is C27H35F5N4O3. The van der Waals surface area contributed by atoms with E-state index in [1.807, 2.05) is 18.2 Å². The molecule has 0 radical (unpaired) electrons. The molecule has 1 fully saturated rings. The number of methoxy groups -OCH3 is 1. The van der Waals surface area contributed by atoms with Crippen molar-refractivity contribution in [3.63, 3.8) is 0 Å². The Hall–Kier alpha value is -3.12. The Morgan fingerprint density at radius 1 is 1.05 bits per heavy atom. The van der Waals surface area contributed by atoms with Gasteiger partial charge in [-0.15, -0.1) is 0 Å². The maximum atomic E-state index is 13.9. The highest BCUT2D eigenvalue weighted by Crippen LogP contribution is 2.34. The van der Waals surface area contributed by atoms with Crippen molar-refractivity contribution in [2.24, 2.45) is 5.92 Å². The smallest absolute Gasteiger partial charge is 0.407 e. The lowest BCUT2D eigenvalue weighted by molar-refractivity contribution is -0.161. The Labute approximate surface area is 225 Å². The van der Waals surface area contributed by atoms with Gasteiger partial charge in [-0.25, -0.2) is 8.78 Å². The second-order valence-corrected chi connectivity index (χ2v) is 9.70. The molecule has 216 valence electrons. The number of nitrogens with one attached hydrogen (secondary N) is 3. The summed E-state index contributed by atoms with van der Waals surface area (Å²) in [5.41, 5.74) is 1.19. The lowest BCUT2D eigenvalue weighted by Crippen LogP contribution is -2.50. The van der Waals surface area contributed by atoms with Gasteiger partial charge in [0.05, 0.1) is 32.1 Å². The Morgan fingerprint density at radius 3 is 2.38 bits per heavy atom. The second kappa shape index (κ2) is 13.8. The highest BCUT2D eigenvalue weighted by Gasteiger charge is 2.43. The summed E-state index contributed by atoms with van der Waals surface area (Å²) in [6, 6.07) is 4.14. The van der Waals surface area contributed by atoms with Crippen LogP contribution in [0.15, 0.2) is 36.4 Å². The van der Waals surface area contributed by atoms with Gasteiger partial charge in [0.15, 0.2) is 11.6 Å². The summed E-state index contributed by atoms with van der Waals surface area (Å²) in [4.78, 5) is 15.1. The number of amides is 1. The van der Waals surface area contributed by atoms with E-state index in [0.29, 0.717) is 43.3 Å². The van der Waals surface area contributed by atoms with E-state index in [9.17, 15) is 26.7 Å². The molecular weight excluding hydrogens is 523 g/mol. The quantitative estimate of drug-likeness (QED) is 0.260. The van der Waals surface area contributed by atoms with Crippen LogP contribution in [0.1, 0.15) is 31.9 Å². The molecule has 12 heteroatoms. The predicted octanol–water partition coefficient (Wildman–Crippen LogP) is 4.65. The largest absolute Gasteiger partial charge is 0.495 e. The minimum atomic E-state index is -4.84. The van der Waals surface area contributed by atoms with E-state index >= 15 is 0 Å². The van der Waals surface area contributed by atoms with E-state index in [-0.39, 0.29) is 18.9 Å². The molecule has 1 heterocycles. The Bertz CT molecular complexity index is 1090. The van der Waals surface area contributed by atoms with E-state index in [1.165, 1.54) is 0 Å². The van der Waals surface area contributed by atoms with Gasteiger partial charge in [0, 0.05) is 37.9 Å². The number of carbonyl (C=O) groups is 1. The summed E-state index contributed by atoms with van der Waals surface area (Å²) in [5.74, 6) is -2.77. The van der Waals surface area contributed by atoms with E-state index in [0.717, 1.165) is 24.8 Å². The molecule has 7 nitrogen and oxygen atoms in total. The zero-order chi connectivity index (χ0) is 28.6. The highest BCUT2D eigenvalue weighted by molar-refractivity contribution is 5.81. The summed E-state index contributed by atoms with van der Waals surface area (Å²) in [5, 5.41) is 8.15. The number of rotatable bonds is 12. The first kappa shape index (κ1) is 30.4. The number of halogens is 5.